The topological polar surface area (TPSA) is 66.9 Å². The molecule has 162 valence electrons. The number of nitrogens with zero attached hydrogens (tertiary/aromatic N) is 2. The van der Waals surface area contributed by atoms with Gasteiger partial charge in [-0.15, -0.1) is 11.3 Å². The number of carbonyl (C=O) groups excluding carboxylic acids is 1. The van der Waals surface area contributed by atoms with Crippen molar-refractivity contribution in [2.45, 2.75) is 26.8 Å². The van der Waals surface area contributed by atoms with Crippen molar-refractivity contribution in [3.05, 3.63) is 106 Å². The Morgan fingerprint density at radius 3 is 2.34 bits per heavy atom. The van der Waals surface area contributed by atoms with Gasteiger partial charge in [0.1, 0.15) is 10.8 Å². The molecular weight excluding hydrogens is 423 g/mol. The molecule has 2 aromatic carbocycles. The number of aryl methyl sites for hydroxylation is 3. The zero-order valence-corrected chi connectivity index (χ0v) is 18.8. The SMILES string of the molecule is Cc1cc(C)nc(N[C@H](c2cccc(F)c2)c2cc(C)sc2NC(=O)c2ccccc2)n1. The predicted octanol–water partition coefficient (Wildman–Crippen LogP) is 6.06. The summed E-state index contributed by atoms with van der Waals surface area (Å²) in [6.45, 7) is 5.77. The molecule has 0 aliphatic carbocycles. The van der Waals surface area contributed by atoms with Gasteiger partial charge in [-0.2, -0.15) is 0 Å². The average molecular weight is 447 g/mol. The highest BCUT2D eigenvalue weighted by atomic mass is 32.1. The summed E-state index contributed by atoms with van der Waals surface area (Å²) < 4.78 is 14.1. The first-order chi connectivity index (χ1) is 15.4. The number of thiophene rings is 1. The van der Waals surface area contributed by atoms with Crippen molar-refractivity contribution in [3.63, 3.8) is 0 Å². The number of amides is 1. The maximum atomic E-state index is 14.1. The van der Waals surface area contributed by atoms with Gasteiger partial charge in [-0.3, -0.25) is 4.79 Å². The van der Waals surface area contributed by atoms with Gasteiger partial charge in [0.2, 0.25) is 5.95 Å². The summed E-state index contributed by atoms with van der Waals surface area (Å²) >= 11 is 1.47. The van der Waals surface area contributed by atoms with Gasteiger partial charge in [0.25, 0.3) is 5.91 Å². The molecule has 2 N–H and O–H groups in total. The van der Waals surface area contributed by atoms with Crippen LogP contribution in [0.3, 0.4) is 0 Å². The summed E-state index contributed by atoms with van der Waals surface area (Å²) in [7, 11) is 0. The minimum atomic E-state index is -0.456. The molecule has 7 heteroatoms. The largest absolute Gasteiger partial charge is 0.343 e. The number of carbonyl (C=O) groups is 1. The molecule has 0 spiro atoms. The molecule has 2 aromatic heterocycles. The summed E-state index contributed by atoms with van der Waals surface area (Å²) in [5.41, 5.74) is 3.76. The van der Waals surface area contributed by atoms with Crippen LogP contribution in [0.4, 0.5) is 15.3 Å². The lowest BCUT2D eigenvalue weighted by Crippen LogP contribution is -2.18. The van der Waals surface area contributed by atoms with Crippen LogP contribution in [0.15, 0.2) is 66.7 Å². The smallest absolute Gasteiger partial charge is 0.256 e. The molecule has 0 saturated carbocycles. The van der Waals surface area contributed by atoms with Crippen LogP contribution in [-0.2, 0) is 0 Å². The molecule has 0 bridgehead atoms. The van der Waals surface area contributed by atoms with E-state index < -0.39 is 6.04 Å². The normalized spacial score (nSPS) is 11.8. The number of halogens is 1. The molecule has 1 atom stereocenters. The van der Waals surface area contributed by atoms with Gasteiger partial charge in [0.05, 0.1) is 6.04 Å². The van der Waals surface area contributed by atoms with E-state index in [2.05, 4.69) is 20.6 Å². The van der Waals surface area contributed by atoms with Crippen LogP contribution in [0.2, 0.25) is 0 Å². The molecule has 0 saturated heterocycles. The molecule has 32 heavy (non-hydrogen) atoms. The third kappa shape index (κ3) is 5.00. The summed E-state index contributed by atoms with van der Waals surface area (Å²) in [6, 6.07) is 18.9. The highest BCUT2D eigenvalue weighted by Crippen LogP contribution is 2.37. The molecule has 0 radical (unpaired) electrons. The fraction of sp³-hybridized carbons (Fsp3) is 0.160. The molecule has 4 rings (SSSR count). The quantitative estimate of drug-likeness (QED) is 0.378. The third-order valence-electron chi connectivity index (χ3n) is 4.90. The average Bonchev–Trinajstić information content (AvgIpc) is 3.11. The van der Waals surface area contributed by atoms with E-state index in [0.29, 0.717) is 22.1 Å². The summed E-state index contributed by atoms with van der Waals surface area (Å²) in [5, 5.41) is 7.08. The second-order valence-corrected chi connectivity index (χ2v) is 8.82. The van der Waals surface area contributed by atoms with Crippen LogP contribution in [0, 0.1) is 26.6 Å². The van der Waals surface area contributed by atoms with Crippen molar-refractivity contribution in [1.29, 1.82) is 0 Å². The molecule has 0 unspecified atom stereocenters. The second-order valence-electron chi connectivity index (χ2n) is 7.57. The lowest BCUT2D eigenvalue weighted by atomic mass is 10.00. The Bertz CT molecular complexity index is 1240. The first-order valence-corrected chi connectivity index (χ1v) is 11.0. The number of aromatic nitrogens is 2. The van der Waals surface area contributed by atoms with E-state index in [4.69, 9.17) is 0 Å². The Morgan fingerprint density at radius 1 is 0.938 bits per heavy atom. The Labute approximate surface area is 190 Å². The standard InChI is InChI=1S/C25H23FN4OS/c1-15-12-16(2)28-25(27-15)29-22(19-10-7-11-20(26)14-19)21-13-17(3)32-24(21)30-23(31)18-8-5-4-6-9-18/h4-14,22H,1-3H3,(H,30,31)(H,27,28,29)/t22-/m1/s1. The van der Waals surface area contributed by atoms with Crippen molar-refractivity contribution in [2.75, 3.05) is 10.6 Å². The van der Waals surface area contributed by atoms with Gasteiger partial charge in [0, 0.05) is 27.4 Å². The van der Waals surface area contributed by atoms with Crippen LogP contribution in [0.5, 0.6) is 0 Å². The van der Waals surface area contributed by atoms with Crippen molar-refractivity contribution in [1.82, 2.24) is 9.97 Å². The maximum absolute atomic E-state index is 14.1. The monoisotopic (exact) mass is 446 g/mol. The van der Waals surface area contributed by atoms with Crippen LogP contribution >= 0.6 is 11.3 Å². The molecule has 4 aromatic rings. The van der Waals surface area contributed by atoms with Crippen LogP contribution in [0.1, 0.15) is 43.8 Å². The predicted molar refractivity (Wildman–Crippen MR) is 127 cm³/mol. The lowest BCUT2D eigenvalue weighted by Gasteiger charge is -2.21. The van der Waals surface area contributed by atoms with Crippen LogP contribution < -0.4 is 10.6 Å². The van der Waals surface area contributed by atoms with E-state index >= 15 is 0 Å². The molecule has 5 nitrogen and oxygen atoms in total. The lowest BCUT2D eigenvalue weighted by molar-refractivity contribution is 0.102. The van der Waals surface area contributed by atoms with E-state index in [0.717, 1.165) is 21.8 Å². The van der Waals surface area contributed by atoms with Crippen molar-refractivity contribution >= 4 is 28.2 Å². The maximum Gasteiger partial charge on any atom is 0.256 e. The van der Waals surface area contributed by atoms with Gasteiger partial charge in [0.15, 0.2) is 0 Å². The second kappa shape index (κ2) is 9.28. The molecule has 2 heterocycles. The third-order valence-corrected chi connectivity index (χ3v) is 5.88. The number of anilines is 2. The number of hydrogen-bond acceptors (Lipinski definition) is 5. The molecule has 1 amide bonds. The molecule has 0 aliphatic rings. The summed E-state index contributed by atoms with van der Waals surface area (Å²) in [5.74, 6) is -0.0900. The van der Waals surface area contributed by atoms with E-state index in [-0.39, 0.29) is 11.7 Å². The van der Waals surface area contributed by atoms with Gasteiger partial charge >= 0.3 is 0 Å². The number of benzene rings is 2. The van der Waals surface area contributed by atoms with Gasteiger partial charge in [-0.1, -0.05) is 30.3 Å². The van der Waals surface area contributed by atoms with Gasteiger partial charge in [-0.05, 0) is 62.7 Å². The van der Waals surface area contributed by atoms with E-state index in [1.54, 1.807) is 18.2 Å². The molecule has 0 fully saturated rings. The summed E-state index contributed by atoms with van der Waals surface area (Å²) in [4.78, 5) is 22.8. The highest BCUT2D eigenvalue weighted by molar-refractivity contribution is 7.16. The van der Waals surface area contributed by atoms with E-state index in [1.165, 1.54) is 23.5 Å². The summed E-state index contributed by atoms with van der Waals surface area (Å²) in [6.07, 6.45) is 0. The van der Waals surface area contributed by atoms with Crippen molar-refractivity contribution in [2.24, 2.45) is 0 Å². The van der Waals surface area contributed by atoms with Gasteiger partial charge in [-0.25, -0.2) is 14.4 Å². The fourth-order valence-electron chi connectivity index (χ4n) is 3.56. The van der Waals surface area contributed by atoms with Crippen molar-refractivity contribution < 1.29 is 9.18 Å². The van der Waals surface area contributed by atoms with Crippen LogP contribution in [-0.4, -0.2) is 15.9 Å². The first kappa shape index (κ1) is 21.6. The minimum Gasteiger partial charge on any atom is -0.343 e. The van der Waals surface area contributed by atoms with Gasteiger partial charge < -0.3 is 10.6 Å². The Hall–Kier alpha value is -3.58. The molecular formula is C25H23FN4OS. The molecule has 0 aliphatic heterocycles. The zero-order chi connectivity index (χ0) is 22.7. The van der Waals surface area contributed by atoms with E-state index in [9.17, 15) is 9.18 Å². The minimum absolute atomic E-state index is 0.200. The fourth-order valence-corrected chi connectivity index (χ4v) is 4.50. The first-order valence-electron chi connectivity index (χ1n) is 10.2. The number of nitrogens with one attached hydrogen (secondary N) is 2. The number of hydrogen-bond donors (Lipinski definition) is 2. The van der Waals surface area contributed by atoms with E-state index in [1.807, 2.05) is 57.2 Å². The van der Waals surface area contributed by atoms with Crippen molar-refractivity contribution in [3.8, 4) is 0 Å². The van der Waals surface area contributed by atoms with Crippen LogP contribution in [0.25, 0.3) is 0 Å². The Morgan fingerprint density at radius 2 is 1.66 bits per heavy atom. The highest BCUT2D eigenvalue weighted by Gasteiger charge is 2.23. The number of rotatable bonds is 6. The zero-order valence-electron chi connectivity index (χ0n) is 18.0. The Kier molecular flexibility index (Phi) is 6.28. The Balaban J connectivity index is 1.75.